The second-order valence-electron chi connectivity index (χ2n) is 5.51. The third kappa shape index (κ3) is 2.57. The first kappa shape index (κ1) is 14.3. The maximum absolute atomic E-state index is 12.5. The number of hydrogen-bond acceptors (Lipinski definition) is 2. The van der Waals surface area contributed by atoms with E-state index in [9.17, 15) is 4.79 Å². The summed E-state index contributed by atoms with van der Waals surface area (Å²) in [5.74, 6) is -0.129. The summed E-state index contributed by atoms with van der Waals surface area (Å²) in [4.78, 5) is 12.5. The highest BCUT2D eigenvalue weighted by Gasteiger charge is 2.13. The number of fused-ring (bicyclic) bond motifs is 1. The minimum absolute atomic E-state index is 0.129. The highest BCUT2D eigenvalue weighted by Crippen LogP contribution is 2.35. The molecule has 1 heterocycles. The van der Waals surface area contributed by atoms with Gasteiger partial charge in [0.15, 0.2) is 0 Å². The van der Waals surface area contributed by atoms with Crippen LogP contribution in [0.3, 0.4) is 0 Å². The highest BCUT2D eigenvalue weighted by molar-refractivity contribution is 6.07. The van der Waals surface area contributed by atoms with Crippen LogP contribution >= 0.6 is 0 Å². The van der Waals surface area contributed by atoms with Crippen LogP contribution in [0, 0.1) is 0 Å². The van der Waals surface area contributed by atoms with Crippen LogP contribution in [-0.2, 0) is 0 Å². The average Bonchev–Trinajstić information content (AvgIpc) is 3.07. The zero-order valence-corrected chi connectivity index (χ0v) is 12.9. The van der Waals surface area contributed by atoms with Gasteiger partial charge >= 0.3 is 0 Å². The number of rotatable bonds is 3. The number of anilines is 1. The summed E-state index contributed by atoms with van der Waals surface area (Å²) in [6.07, 6.45) is 1.73. The van der Waals surface area contributed by atoms with Crippen molar-refractivity contribution in [3.8, 4) is 11.1 Å². The van der Waals surface area contributed by atoms with Gasteiger partial charge < -0.3 is 9.73 Å². The van der Waals surface area contributed by atoms with Gasteiger partial charge in [-0.15, -0.1) is 0 Å². The van der Waals surface area contributed by atoms with E-state index in [1.807, 2.05) is 66.7 Å². The second-order valence-corrected chi connectivity index (χ2v) is 5.51. The molecule has 0 radical (unpaired) electrons. The zero-order chi connectivity index (χ0) is 16.4. The third-order valence-electron chi connectivity index (χ3n) is 3.98. The molecule has 1 aromatic heterocycles. The lowest BCUT2D eigenvalue weighted by Crippen LogP contribution is -2.12. The van der Waals surface area contributed by atoms with Crippen molar-refractivity contribution >= 4 is 22.6 Å². The minimum atomic E-state index is -0.129. The Morgan fingerprint density at radius 1 is 0.750 bits per heavy atom. The number of amides is 1. The maximum atomic E-state index is 12.5. The lowest BCUT2D eigenvalue weighted by Gasteiger charge is -2.10. The minimum Gasteiger partial charge on any atom is -0.464 e. The van der Waals surface area contributed by atoms with E-state index >= 15 is 0 Å². The largest absolute Gasteiger partial charge is 0.464 e. The van der Waals surface area contributed by atoms with Crippen LogP contribution in [0.25, 0.3) is 22.1 Å². The van der Waals surface area contributed by atoms with Gasteiger partial charge in [-0.25, -0.2) is 0 Å². The molecule has 24 heavy (non-hydrogen) atoms. The molecule has 4 rings (SSSR count). The molecule has 0 saturated heterocycles. The van der Waals surface area contributed by atoms with E-state index in [0.29, 0.717) is 5.56 Å². The monoisotopic (exact) mass is 313 g/mol. The molecule has 1 amide bonds. The number of para-hydroxylation sites is 2. The number of benzene rings is 3. The van der Waals surface area contributed by atoms with Gasteiger partial charge in [0.2, 0.25) is 0 Å². The van der Waals surface area contributed by atoms with Crippen molar-refractivity contribution in [3.05, 3.63) is 90.7 Å². The van der Waals surface area contributed by atoms with E-state index in [1.165, 1.54) is 0 Å². The van der Waals surface area contributed by atoms with Crippen LogP contribution in [0.1, 0.15) is 10.4 Å². The molecule has 0 atom stereocenters. The number of carbonyl (C=O) groups excluding carboxylic acids is 1. The standard InChI is InChI=1S/C21H15NO2/c23-21(15-8-2-1-3-9-15)22-19-12-6-4-10-16(19)18-14-24-20-13-7-5-11-17(18)20/h1-14H,(H,22,23). The Bertz CT molecular complexity index is 1000. The molecular weight excluding hydrogens is 298 g/mol. The molecule has 1 N–H and O–H groups in total. The SMILES string of the molecule is O=C(Nc1ccccc1-c1coc2ccccc12)c1ccccc1. The van der Waals surface area contributed by atoms with Crippen LogP contribution in [0.5, 0.6) is 0 Å². The third-order valence-corrected chi connectivity index (χ3v) is 3.98. The fourth-order valence-corrected chi connectivity index (χ4v) is 2.80. The summed E-state index contributed by atoms with van der Waals surface area (Å²) in [5.41, 5.74) is 4.13. The van der Waals surface area contributed by atoms with Gasteiger partial charge in [-0.2, -0.15) is 0 Å². The van der Waals surface area contributed by atoms with E-state index in [0.717, 1.165) is 27.8 Å². The molecule has 4 aromatic rings. The van der Waals surface area contributed by atoms with Crippen LogP contribution in [0.15, 0.2) is 89.5 Å². The van der Waals surface area contributed by atoms with Gasteiger partial charge in [-0.3, -0.25) is 4.79 Å². The number of hydrogen-bond donors (Lipinski definition) is 1. The molecule has 0 bridgehead atoms. The summed E-state index contributed by atoms with van der Waals surface area (Å²) in [6.45, 7) is 0. The summed E-state index contributed by atoms with van der Waals surface area (Å²) in [5, 5.41) is 4.03. The summed E-state index contributed by atoms with van der Waals surface area (Å²) < 4.78 is 5.64. The van der Waals surface area contributed by atoms with Gasteiger partial charge in [0, 0.05) is 27.8 Å². The van der Waals surface area contributed by atoms with E-state index in [2.05, 4.69) is 5.32 Å². The molecule has 0 spiro atoms. The first-order chi connectivity index (χ1) is 11.8. The van der Waals surface area contributed by atoms with Crippen LogP contribution in [-0.4, -0.2) is 5.91 Å². The summed E-state index contributed by atoms with van der Waals surface area (Å²) in [7, 11) is 0. The molecule has 3 heteroatoms. The molecular formula is C21H15NO2. The van der Waals surface area contributed by atoms with Gasteiger partial charge in [0.05, 0.1) is 6.26 Å². The molecule has 0 saturated carbocycles. The fraction of sp³-hybridized carbons (Fsp3) is 0. The molecule has 0 aliphatic rings. The van der Waals surface area contributed by atoms with Crippen LogP contribution in [0.4, 0.5) is 5.69 Å². The van der Waals surface area contributed by atoms with E-state index < -0.39 is 0 Å². The molecule has 0 fully saturated rings. The average molecular weight is 313 g/mol. The van der Waals surface area contributed by atoms with Crippen molar-refractivity contribution in [1.82, 2.24) is 0 Å². The molecule has 0 unspecified atom stereocenters. The predicted molar refractivity (Wildman–Crippen MR) is 96.0 cm³/mol. The first-order valence-electron chi connectivity index (χ1n) is 7.75. The molecule has 0 aliphatic carbocycles. The number of nitrogens with one attached hydrogen (secondary N) is 1. The normalized spacial score (nSPS) is 10.7. The van der Waals surface area contributed by atoms with Crippen molar-refractivity contribution < 1.29 is 9.21 Å². The van der Waals surface area contributed by atoms with Crippen molar-refractivity contribution in [2.45, 2.75) is 0 Å². The lowest BCUT2D eigenvalue weighted by atomic mass is 10.0. The quantitative estimate of drug-likeness (QED) is 0.554. The molecule has 116 valence electrons. The molecule has 3 nitrogen and oxygen atoms in total. The Labute approximate surface area is 139 Å². The van der Waals surface area contributed by atoms with E-state index in [-0.39, 0.29) is 5.91 Å². The van der Waals surface area contributed by atoms with E-state index in [4.69, 9.17) is 4.42 Å². The topological polar surface area (TPSA) is 42.2 Å². The molecule has 0 aliphatic heterocycles. The Hall–Kier alpha value is -3.33. The van der Waals surface area contributed by atoms with Crippen LogP contribution < -0.4 is 5.32 Å². The van der Waals surface area contributed by atoms with E-state index in [1.54, 1.807) is 18.4 Å². The zero-order valence-electron chi connectivity index (χ0n) is 12.9. The van der Waals surface area contributed by atoms with Gasteiger partial charge in [-0.1, -0.05) is 54.6 Å². The Balaban J connectivity index is 1.75. The van der Waals surface area contributed by atoms with Gasteiger partial charge in [-0.05, 0) is 24.3 Å². The van der Waals surface area contributed by atoms with Crippen molar-refractivity contribution in [2.75, 3.05) is 5.32 Å². The lowest BCUT2D eigenvalue weighted by molar-refractivity contribution is 0.102. The summed E-state index contributed by atoms with van der Waals surface area (Å²) >= 11 is 0. The Kier molecular flexibility index (Phi) is 3.60. The smallest absolute Gasteiger partial charge is 0.255 e. The first-order valence-corrected chi connectivity index (χ1v) is 7.75. The van der Waals surface area contributed by atoms with Crippen molar-refractivity contribution in [2.24, 2.45) is 0 Å². The fourth-order valence-electron chi connectivity index (χ4n) is 2.80. The van der Waals surface area contributed by atoms with Gasteiger partial charge in [0.25, 0.3) is 5.91 Å². The Morgan fingerprint density at radius 3 is 2.33 bits per heavy atom. The van der Waals surface area contributed by atoms with Crippen LogP contribution in [0.2, 0.25) is 0 Å². The Morgan fingerprint density at radius 2 is 1.46 bits per heavy atom. The highest BCUT2D eigenvalue weighted by atomic mass is 16.3. The number of carbonyl (C=O) groups is 1. The second kappa shape index (κ2) is 6.05. The van der Waals surface area contributed by atoms with Crippen molar-refractivity contribution in [1.29, 1.82) is 0 Å². The predicted octanol–water partition coefficient (Wildman–Crippen LogP) is 5.35. The summed E-state index contributed by atoms with van der Waals surface area (Å²) in [6, 6.07) is 24.8. The van der Waals surface area contributed by atoms with Gasteiger partial charge in [0.1, 0.15) is 5.58 Å². The van der Waals surface area contributed by atoms with Crippen molar-refractivity contribution in [3.63, 3.8) is 0 Å². The maximum Gasteiger partial charge on any atom is 0.255 e. The number of furan rings is 1. The molecule has 3 aromatic carbocycles.